The summed E-state index contributed by atoms with van der Waals surface area (Å²) in [6.07, 6.45) is -0.445. The van der Waals surface area contributed by atoms with E-state index < -0.39 is 6.10 Å². The molecule has 0 aromatic rings. The summed E-state index contributed by atoms with van der Waals surface area (Å²) in [6, 6.07) is 0. The number of carbonyl (C=O) groups is 1. The van der Waals surface area contributed by atoms with Crippen LogP contribution in [0.4, 0.5) is 0 Å². The van der Waals surface area contributed by atoms with Crippen molar-refractivity contribution in [1.82, 2.24) is 5.32 Å². The third-order valence-corrected chi connectivity index (χ3v) is 0.646. The molecule has 1 amide bonds. The van der Waals surface area contributed by atoms with Crippen LogP contribution in [0, 0.1) is 0 Å². The van der Waals surface area contributed by atoms with Gasteiger partial charge in [-0.3, -0.25) is 4.79 Å². The minimum Gasteiger partial charge on any atom is -0.392 e. The highest BCUT2D eigenvalue weighted by Gasteiger charge is 1.93. The average molecular weight is 147 g/mol. The van der Waals surface area contributed by atoms with Gasteiger partial charge in [0.05, 0.1) is 6.10 Å². The maximum atomic E-state index is 10.1. The molecule has 0 aliphatic rings. The molecule has 3 heteroatoms. The van der Waals surface area contributed by atoms with Crippen LogP contribution in [-0.4, -0.2) is 23.7 Å². The third-order valence-electron chi connectivity index (χ3n) is 0.646. The van der Waals surface area contributed by atoms with E-state index in [4.69, 9.17) is 5.11 Å². The number of aliphatic hydroxyl groups excluding tert-OH is 1. The molecule has 2 N–H and O–H groups in total. The number of hydrogen-bond donors (Lipinski definition) is 2. The first-order chi connectivity index (χ1) is 4.63. The van der Waals surface area contributed by atoms with E-state index >= 15 is 0 Å². The molecule has 0 aromatic heterocycles. The Morgan fingerprint density at radius 2 is 2.00 bits per heavy atom. The van der Waals surface area contributed by atoms with E-state index in [2.05, 4.69) is 5.32 Å². The van der Waals surface area contributed by atoms with Gasteiger partial charge in [0.1, 0.15) is 0 Å². The van der Waals surface area contributed by atoms with Crippen LogP contribution < -0.4 is 5.32 Å². The van der Waals surface area contributed by atoms with Crippen molar-refractivity contribution in [3.8, 4) is 0 Å². The smallest absolute Gasteiger partial charge is 0.216 e. The van der Waals surface area contributed by atoms with Crippen LogP contribution in [-0.2, 0) is 4.79 Å². The van der Waals surface area contributed by atoms with E-state index in [1.54, 1.807) is 6.92 Å². The van der Waals surface area contributed by atoms with Crippen LogP contribution in [0.25, 0.3) is 0 Å². The zero-order chi connectivity index (χ0) is 8.57. The summed E-state index contributed by atoms with van der Waals surface area (Å²) in [6.45, 7) is 7.38. The van der Waals surface area contributed by atoms with E-state index in [1.807, 2.05) is 13.8 Å². The lowest BCUT2D eigenvalue weighted by atomic mass is 10.4. The van der Waals surface area contributed by atoms with Gasteiger partial charge in [-0.25, -0.2) is 0 Å². The topological polar surface area (TPSA) is 49.3 Å². The second kappa shape index (κ2) is 8.43. The Morgan fingerprint density at radius 3 is 2.10 bits per heavy atom. The van der Waals surface area contributed by atoms with E-state index in [0.717, 1.165) is 0 Å². The van der Waals surface area contributed by atoms with Crippen molar-refractivity contribution in [1.29, 1.82) is 0 Å². The molecule has 0 saturated heterocycles. The zero-order valence-corrected chi connectivity index (χ0v) is 7.14. The van der Waals surface area contributed by atoms with Crippen molar-refractivity contribution >= 4 is 5.91 Å². The van der Waals surface area contributed by atoms with Gasteiger partial charge in [0, 0.05) is 13.5 Å². The van der Waals surface area contributed by atoms with E-state index in [0.29, 0.717) is 6.54 Å². The number of carbonyl (C=O) groups excluding carboxylic acids is 1. The molecule has 0 radical (unpaired) electrons. The van der Waals surface area contributed by atoms with Gasteiger partial charge < -0.3 is 10.4 Å². The van der Waals surface area contributed by atoms with Crippen molar-refractivity contribution in [2.45, 2.75) is 33.8 Å². The Hall–Kier alpha value is -0.570. The highest BCUT2D eigenvalue weighted by molar-refractivity contribution is 5.72. The molecule has 0 aliphatic heterocycles. The van der Waals surface area contributed by atoms with Crippen molar-refractivity contribution in [2.75, 3.05) is 6.54 Å². The molecular weight excluding hydrogens is 130 g/mol. The van der Waals surface area contributed by atoms with Crippen LogP contribution in [0.15, 0.2) is 0 Å². The monoisotopic (exact) mass is 147 g/mol. The van der Waals surface area contributed by atoms with Gasteiger partial charge in [-0.2, -0.15) is 0 Å². The number of rotatable bonds is 2. The highest BCUT2D eigenvalue weighted by Crippen LogP contribution is 1.72. The molecule has 0 aromatic carbocycles. The Morgan fingerprint density at radius 1 is 1.60 bits per heavy atom. The lowest BCUT2D eigenvalue weighted by Crippen LogP contribution is -2.28. The maximum absolute atomic E-state index is 10.1. The lowest BCUT2D eigenvalue weighted by molar-refractivity contribution is -0.119. The molecule has 1 atom stereocenters. The minimum atomic E-state index is -0.445. The molecule has 0 rings (SSSR count). The van der Waals surface area contributed by atoms with Gasteiger partial charge in [-0.15, -0.1) is 0 Å². The molecule has 0 heterocycles. The molecule has 0 saturated carbocycles. The van der Waals surface area contributed by atoms with Crippen molar-refractivity contribution in [3.63, 3.8) is 0 Å². The van der Waals surface area contributed by atoms with Gasteiger partial charge in [0.15, 0.2) is 0 Å². The van der Waals surface area contributed by atoms with Crippen molar-refractivity contribution < 1.29 is 9.90 Å². The van der Waals surface area contributed by atoms with Crippen LogP contribution in [0.3, 0.4) is 0 Å². The summed E-state index contributed by atoms with van der Waals surface area (Å²) >= 11 is 0. The fraction of sp³-hybridized carbons (Fsp3) is 0.857. The summed E-state index contributed by atoms with van der Waals surface area (Å²) in [5, 5.41) is 11.0. The summed E-state index contributed by atoms with van der Waals surface area (Å²) in [5.41, 5.74) is 0. The van der Waals surface area contributed by atoms with Crippen LogP contribution >= 0.6 is 0 Å². The minimum absolute atomic E-state index is 0.106. The fourth-order valence-corrected chi connectivity index (χ4v) is 0.291. The van der Waals surface area contributed by atoms with Gasteiger partial charge in [-0.05, 0) is 6.92 Å². The molecule has 3 nitrogen and oxygen atoms in total. The van der Waals surface area contributed by atoms with Crippen molar-refractivity contribution in [2.24, 2.45) is 0 Å². The first-order valence-electron chi connectivity index (χ1n) is 3.55. The van der Waals surface area contributed by atoms with Gasteiger partial charge >= 0.3 is 0 Å². The van der Waals surface area contributed by atoms with Crippen molar-refractivity contribution in [3.05, 3.63) is 0 Å². The van der Waals surface area contributed by atoms with E-state index in [1.165, 1.54) is 6.92 Å². The summed E-state index contributed by atoms with van der Waals surface area (Å²) in [4.78, 5) is 10.1. The lowest BCUT2D eigenvalue weighted by Gasteiger charge is -2.02. The number of hydrogen-bond acceptors (Lipinski definition) is 2. The van der Waals surface area contributed by atoms with Gasteiger partial charge in [0.2, 0.25) is 5.91 Å². The summed E-state index contributed by atoms with van der Waals surface area (Å²) in [7, 11) is 0. The molecule has 0 spiro atoms. The normalized spacial score (nSPS) is 10.9. The predicted octanol–water partition coefficient (Wildman–Crippen LogP) is 0.529. The molecule has 0 fully saturated rings. The second-order valence-corrected chi connectivity index (χ2v) is 1.79. The molecule has 10 heavy (non-hydrogen) atoms. The summed E-state index contributed by atoms with van der Waals surface area (Å²) < 4.78 is 0. The Balaban J connectivity index is 0. The van der Waals surface area contributed by atoms with Crippen LogP contribution in [0.5, 0.6) is 0 Å². The average Bonchev–Trinajstić information content (AvgIpc) is 1.89. The van der Waals surface area contributed by atoms with E-state index in [-0.39, 0.29) is 5.91 Å². The predicted molar refractivity (Wildman–Crippen MR) is 41.7 cm³/mol. The molecular formula is C7H17NO2. The van der Waals surface area contributed by atoms with Crippen LogP contribution in [0.1, 0.15) is 27.7 Å². The molecule has 0 unspecified atom stereocenters. The van der Waals surface area contributed by atoms with Crippen LogP contribution in [0.2, 0.25) is 0 Å². The first kappa shape index (κ1) is 12.1. The molecule has 62 valence electrons. The highest BCUT2D eigenvalue weighted by atomic mass is 16.3. The molecule has 0 aliphatic carbocycles. The fourth-order valence-electron chi connectivity index (χ4n) is 0.291. The number of amides is 1. The summed E-state index contributed by atoms with van der Waals surface area (Å²) in [5.74, 6) is -0.106. The Bertz CT molecular complexity index is 81.7. The molecule has 0 bridgehead atoms. The number of nitrogens with one attached hydrogen (secondary N) is 1. The zero-order valence-electron chi connectivity index (χ0n) is 7.14. The quantitative estimate of drug-likeness (QED) is 0.598. The maximum Gasteiger partial charge on any atom is 0.216 e. The standard InChI is InChI=1S/C5H11NO2.C2H6/c1-4(7)3-6-5(2)8;1-2/h4,7H,3H2,1-2H3,(H,6,8);1-2H3/t4-;/m1./s1. The first-order valence-corrected chi connectivity index (χ1v) is 3.55. The SMILES string of the molecule is CC.CC(=O)NC[C@@H](C)O. The number of aliphatic hydroxyl groups is 1. The van der Waals surface area contributed by atoms with Gasteiger partial charge in [-0.1, -0.05) is 13.8 Å². The second-order valence-electron chi connectivity index (χ2n) is 1.79. The Labute approximate surface area is 62.4 Å². The van der Waals surface area contributed by atoms with Gasteiger partial charge in [0.25, 0.3) is 0 Å². The van der Waals surface area contributed by atoms with E-state index in [9.17, 15) is 4.79 Å². The Kier molecular flexibility index (Phi) is 10.2. The largest absolute Gasteiger partial charge is 0.392 e. The third kappa shape index (κ3) is 15.7.